The fraction of sp³-hybridized carbons (Fsp3) is 0.360. The third kappa shape index (κ3) is 2.86. The highest BCUT2D eigenvalue weighted by Gasteiger charge is 2.70. The number of anilines is 1. The molecule has 10 nitrogen and oxygen atoms in total. The van der Waals surface area contributed by atoms with E-state index in [9.17, 15) is 19.2 Å². The smallest absolute Gasteiger partial charge is 0.250 e. The Balaban J connectivity index is 1.43. The largest absolute Gasteiger partial charge is 0.454 e. The average Bonchev–Trinajstić information content (AvgIpc) is 3.53. The molecule has 4 atom stereocenters. The van der Waals surface area contributed by atoms with Crippen molar-refractivity contribution in [1.29, 1.82) is 0 Å². The van der Waals surface area contributed by atoms with Crippen LogP contribution in [0.4, 0.5) is 5.69 Å². The number of likely N-dealkylation sites (tertiary alicyclic amines) is 1. The maximum Gasteiger partial charge on any atom is 0.250 e. The van der Waals surface area contributed by atoms with Crippen LogP contribution in [0.15, 0.2) is 30.3 Å². The van der Waals surface area contributed by atoms with Crippen LogP contribution in [-0.4, -0.2) is 41.4 Å². The highest BCUT2D eigenvalue weighted by Crippen LogP contribution is 2.54. The van der Waals surface area contributed by atoms with Gasteiger partial charge in [-0.3, -0.25) is 29.4 Å². The van der Waals surface area contributed by atoms with Crippen LogP contribution in [0.1, 0.15) is 28.7 Å². The van der Waals surface area contributed by atoms with Crippen LogP contribution < -0.4 is 25.8 Å². The van der Waals surface area contributed by atoms with E-state index in [4.69, 9.17) is 15.2 Å². The fourth-order valence-corrected chi connectivity index (χ4v) is 5.95. The van der Waals surface area contributed by atoms with E-state index in [1.54, 1.807) is 18.2 Å². The Labute approximate surface area is 200 Å². The van der Waals surface area contributed by atoms with Gasteiger partial charge in [-0.1, -0.05) is 18.2 Å². The van der Waals surface area contributed by atoms with Crippen molar-refractivity contribution in [3.63, 3.8) is 0 Å². The highest BCUT2D eigenvalue weighted by atomic mass is 16.7. The monoisotopic (exact) mass is 476 g/mol. The van der Waals surface area contributed by atoms with Gasteiger partial charge in [-0.05, 0) is 42.7 Å². The molecule has 0 radical (unpaired) electrons. The normalized spacial score (nSPS) is 28.0. The first kappa shape index (κ1) is 21.6. The molecule has 180 valence electrons. The summed E-state index contributed by atoms with van der Waals surface area (Å²) in [6.07, 6.45) is -0.173. The lowest BCUT2D eigenvalue weighted by molar-refractivity contribution is -0.143. The highest BCUT2D eigenvalue weighted by molar-refractivity contribution is 6.15. The van der Waals surface area contributed by atoms with Crippen molar-refractivity contribution in [2.45, 2.75) is 38.4 Å². The summed E-state index contributed by atoms with van der Waals surface area (Å²) in [5, 5.41) is 6.14. The van der Waals surface area contributed by atoms with Crippen molar-refractivity contribution in [1.82, 2.24) is 10.2 Å². The van der Waals surface area contributed by atoms with Gasteiger partial charge in [0.25, 0.3) is 0 Å². The number of carbonyl (C=O) groups excluding carboxylic acids is 4. The predicted molar refractivity (Wildman–Crippen MR) is 122 cm³/mol. The summed E-state index contributed by atoms with van der Waals surface area (Å²) in [5.41, 5.74) is 7.83. The van der Waals surface area contributed by atoms with Crippen molar-refractivity contribution in [3.8, 4) is 11.5 Å². The fourth-order valence-electron chi connectivity index (χ4n) is 5.95. The molecule has 0 bridgehead atoms. The molecule has 4 heterocycles. The Morgan fingerprint density at radius 3 is 2.66 bits per heavy atom. The number of nitrogens with zero attached hydrogens (tertiary/aromatic N) is 1. The van der Waals surface area contributed by atoms with E-state index in [1.807, 2.05) is 26.0 Å². The third-order valence-electron chi connectivity index (χ3n) is 7.71. The van der Waals surface area contributed by atoms with E-state index in [2.05, 4.69) is 10.6 Å². The van der Waals surface area contributed by atoms with Gasteiger partial charge in [0.2, 0.25) is 30.4 Å². The van der Waals surface area contributed by atoms with Crippen molar-refractivity contribution in [2.24, 2.45) is 17.6 Å². The molecule has 1 spiro atoms. The second-order valence-electron chi connectivity index (χ2n) is 9.57. The molecule has 4 aliphatic heterocycles. The van der Waals surface area contributed by atoms with Crippen LogP contribution in [0.3, 0.4) is 0 Å². The first-order valence-corrected chi connectivity index (χ1v) is 11.4. The Morgan fingerprint density at radius 1 is 1.11 bits per heavy atom. The topological polar surface area (TPSA) is 140 Å². The van der Waals surface area contributed by atoms with Gasteiger partial charge in [0, 0.05) is 23.7 Å². The molecule has 2 saturated heterocycles. The number of nitrogens with two attached hydrogens (primary N) is 1. The van der Waals surface area contributed by atoms with E-state index in [0.29, 0.717) is 28.3 Å². The molecule has 0 saturated carbocycles. The molecule has 2 fully saturated rings. The van der Waals surface area contributed by atoms with Crippen LogP contribution >= 0.6 is 0 Å². The Morgan fingerprint density at radius 2 is 1.89 bits per heavy atom. The SMILES string of the molecule is Cc1ccc2c(c1C)NC(=O)C21NC(CC(N)=O)C2C(=O)N(Cc3ccc4c(c3)OCO4)C(=O)C21. The van der Waals surface area contributed by atoms with Crippen LogP contribution in [0.5, 0.6) is 11.5 Å². The summed E-state index contributed by atoms with van der Waals surface area (Å²) in [5.74, 6) is -2.68. The first-order valence-electron chi connectivity index (χ1n) is 11.4. The quantitative estimate of drug-likeness (QED) is 0.555. The molecule has 4 amide bonds. The number of imide groups is 1. The molecule has 4 aliphatic rings. The van der Waals surface area contributed by atoms with Crippen molar-refractivity contribution in [2.75, 3.05) is 12.1 Å². The van der Waals surface area contributed by atoms with Crippen molar-refractivity contribution >= 4 is 29.3 Å². The molecule has 0 aliphatic carbocycles. The average molecular weight is 476 g/mol. The Kier molecular flexibility index (Phi) is 4.50. The maximum absolute atomic E-state index is 13.8. The zero-order chi connectivity index (χ0) is 24.6. The lowest BCUT2D eigenvalue weighted by Gasteiger charge is -2.29. The van der Waals surface area contributed by atoms with E-state index in [1.165, 1.54) is 4.90 Å². The number of fused-ring (bicyclic) bond motifs is 5. The molecular weight excluding hydrogens is 452 g/mol. The molecular formula is C25H24N4O6. The number of carbonyl (C=O) groups is 4. The van der Waals surface area contributed by atoms with Crippen LogP contribution in [0.2, 0.25) is 0 Å². The molecule has 6 rings (SSSR count). The van der Waals surface area contributed by atoms with Gasteiger partial charge in [-0.15, -0.1) is 0 Å². The number of benzene rings is 2. The van der Waals surface area contributed by atoms with Gasteiger partial charge in [-0.2, -0.15) is 0 Å². The minimum atomic E-state index is -1.46. The van der Waals surface area contributed by atoms with Gasteiger partial charge in [0.15, 0.2) is 11.5 Å². The molecule has 0 aromatic heterocycles. The molecule has 2 aromatic rings. The van der Waals surface area contributed by atoms with Gasteiger partial charge < -0.3 is 20.5 Å². The van der Waals surface area contributed by atoms with E-state index < -0.39 is 47.0 Å². The summed E-state index contributed by atoms with van der Waals surface area (Å²) in [6, 6.07) is 8.17. The van der Waals surface area contributed by atoms with E-state index >= 15 is 0 Å². The molecule has 2 aromatic carbocycles. The molecule has 4 unspecified atom stereocenters. The number of aryl methyl sites for hydroxylation is 1. The standard InChI is InChI=1S/C25H24N4O6/c1-11-3-5-14-21(12(11)2)27-24(33)25(14)20-19(15(28-25)8-18(26)30)22(31)29(23(20)32)9-13-4-6-16-17(7-13)35-10-34-16/h3-7,15,19-20,28H,8-10H2,1-2H3,(H2,26,30)(H,27,33). The molecule has 10 heteroatoms. The summed E-state index contributed by atoms with van der Waals surface area (Å²) < 4.78 is 10.8. The summed E-state index contributed by atoms with van der Waals surface area (Å²) in [7, 11) is 0. The number of ether oxygens (including phenoxy) is 2. The summed E-state index contributed by atoms with van der Waals surface area (Å²) in [6.45, 7) is 3.96. The van der Waals surface area contributed by atoms with Gasteiger partial charge in [0.05, 0.1) is 18.4 Å². The minimum absolute atomic E-state index is 0.0160. The minimum Gasteiger partial charge on any atom is -0.454 e. The van der Waals surface area contributed by atoms with E-state index in [0.717, 1.165) is 11.1 Å². The Hall–Kier alpha value is -3.92. The second-order valence-corrected chi connectivity index (χ2v) is 9.57. The first-order chi connectivity index (χ1) is 16.7. The van der Waals surface area contributed by atoms with Gasteiger partial charge in [0.1, 0.15) is 5.54 Å². The van der Waals surface area contributed by atoms with Crippen LogP contribution in [0.25, 0.3) is 0 Å². The number of hydrogen-bond donors (Lipinski definition) is 3. The van der Waals surface area contributed by atoms with Crippen LogP contribution in [0, 0.1) is 25.7 Å². The lowest BCUT2D eigenvalue weighted by Crippen LogP contribution is -2.53. The van der Waals surface area contributed by atoms with Crippen molar-refractivity contribution < 1.29 is 28.7 Å². The zero-order valence-electron chi connectivity index (χ0n) is 19.2. The third-order valence-corrected chi connectivity index (χ3v) is 7.71. The van der Waals surface area contributed by atoms with Crippen LogP contribution in [-0.2, 0) is 31.3 Å². The van der Waals surface area contributed by atoms with Crippen molar-refractivity contribution in [3.05, 3.63) is 52.6 Å². The molecule has 35 heavy (non-hydrogen) atoms. The molecule has 4 N–H and O–H groups in total. The second kappa shape index (κ2) is 7.29. The lowest BCUT2D eigenvalue weighted by atomic mass is 9.76. The number of rotatable bonds is 4. The summed E-state index contributed by atoms with van der Waals surface area (Å²) >= 11 is 0. The van der Waals surface area contributed by atoms with Gasteiger partial charge >= 0.3 is 0 Å². The maximum atomic E-state index is 13.8. The number of nitrogens with one attached hydrogen (secondary N) is 2. The number of amides is 4. The number of primary amides is 1. The van der Waals surface area contributed by atoms with E-state index in [-0.39, 0.29) is 19.8 Å². The number of hydrogen-bond acceptors (Lipinski definition) is 7. The van der Waals surface area contributed by atoms with Gasteiger partial charge in [-0.25, -0.2) is 0 Å². The summed E-state index contributed by atoms with van der Waals surface area (Å²) in [4.78, 5) is 54.1. The zero-order valence-corrected chi connectivity index (χ0v) is 19.2. The predicted octanol–water partition coefficient (Wildman–Crippen LogP) is 0.828. The Bertz CT molecular complexity index is 1340.